The minimum Gasteiger partial charge on any atom is -0.443 e. The molecule has 0 spiro atoms. The van der Waals surface area contributed by atoms with Crippen LogP contribution in [-0.2, 0) is 4.74 Å². The maximum atomic E-state index is 12.3. The predicted octanol–water partition coefficient (Wildman–Crippen LogP) is 1.08. The first-order valence-corrected chi connectivity index (χ1v) is 9.03. The maximum Gasteiger partial charge on any atom is 0.414 e. The number of carbonyl (C=O) groups excluding carboxylic acids is 1. The van der Waals surface area contributed by atoms with Gasteiger partial charge in [-0.3, -0.25) is 9.80 Å². The van der Waals surface area contributed by atoms with E-state index < -0.39 is 0 Å². The van der Waals surface area contributed by atoms with Crippen LogP contribution in [0.2, 0.25) is 0 Å². The van der Waals surface area contributed by atoms with Gasteiger partial charge >= 0.3 is 6.09 Å². The molecule has 2 aromatic rings. The third kappa shape index (κ3) is 3.56. The molecule has 3 N–H and O–H groups in total. The topological polar surface area (TPSA) is 99.3 Å². The Hall–Kier alpha value is -2.45. The van der Waals surface area contributed by atoms with Crippen molar-refractivity contribution < 1.29 is 19.8 Å². The van der Waals surface area contributed by atoms with Crippen LogP contribution >= 0.6 is 0 Å². The Morgan fingerprint density at radius 2 is 1.96 bits per heavy atom. The van der Waals surface area contributed by atoms with Crippen LogP contribution in [0.4, 0.5) is 10.5 Å². The van der Waals surface area contributed by atoms with Crippen molar-refractivity contribution >= 4 is 11.8 Å². The van der Waals surface area contributed by atoms with Crippen molar-refractivity contribution in [3.05, 3.63) is 30.2 Å². The SMILES string of the molecule is Cc1nc(-c2ccc(N3CC(CN4CCC([NH3+])CC4)OC3=O)cc2)no1. The number of aryl methyl sites for hydroxylation is 1. The summed E-state index contributed by atoms with van der Waals surface area (Å²) in [6, 6.07) is 8.10. The lowest BCUT2D eigenvalue weighted by Gasteiger charge is -2.29. The fourth-order valence-electron chi connectivity index (χ4n) is 3.49. The molecule has 2 aliphatic heterocycles. The first-order chi connectivity index (χ1) is 12.6. The first kappa shape index (κ1) is 17.0. The van der Waals surface area contributed by atoms with Crippen LogP contribution in [0.1, 0.15) is 18.7 Å². The molecule has 3 heterocycles. The summed E-state index contributed by atoms with van der Waals surface area (Å²) >= 11 is 0. The van der Waals surface area contributed by atoms with E-state index >= 15 is 0 Å². The molecule has 0 saturated carbocycles. The van der Waals surface area contributed by atoms with E-state index in [1.165, 1.54) is 0 Å². The number of anilines is 1. The van der Waals surface area contributed by atoms with Crippen molar-refractivity contribution in [3.63, 3.8) is 0 Å². The summed E-state index contributed by atoms with van der Waals surface area (Å²) < 4.78 is 10.6. The lowest BCUT2D eigenvalue weighted by Crippen LogP contribution is -2.64. The molecule has 1 unspecified atom stereocenters. The Labute approximate surface area is 151 Å². The first-order valence-electron chi connectivity index (χ1n) is 9.03. The molecular formula is C18H24N5O3+. The zero-order chi connectivity index (χ0) is 18.1. The minimum atomic E-state index is -0.287. The Bertz CT molecular complexity index is 767. The third-order valence-electron chi connectivity index (χ3n) is 5.01. The molecule has 8 heteroatoms. The molecule has 0 radical (unpaired) electrons. The molecule has 0 bridgehead atoms. The molecule has 2 fully saturated rings. The van der Waals surface area contributed by atoms with E-state index in [0.29, 0.717) is 24.3 Å². The summed E-state index contributed by atoms with van der Waals surface area (Å²) in [7, 11) is 0. The fraction of sp³-hybridized carbons (Fsp3) is 0.500. The number of nitrogens with zero attached hydrogens (tertiary/aromatic N) is 4. The Kier molecular flexibility index (Phi) is 4.60. The highest BCUT2D eigenvalue weighted by Crippen LogP contribution is 2.25. The number of likely N-dealkylation sites (tertiary alicyclic amines) is 1. The minimum absolute atomic E-state index is 0.0941. The average molecular weight is 358 g/mol. The van der Waals surface area contributed by atoms with Gasteiger partial charge in [0.15, 0.2) is 0 Å². The van der Waals surface area contributed by atoms with Crippen LogP contribution in [0, 0.1) is 6.92 Å². The number of carbonyl (C=O) groups is 1. The number of hydrogen-bond acceptors (Lipinski definition) is 6. The number of benzene rings is 1. The van der Waals surface area contributed by atoms with Crippen molar-refractivity contribution in [1.82, 2.24) is 15.0 Å². The quantitative estimate of drug-likeness (QED) is 0.878. The van der Waals surface area contributed by atoms with E-state index in [0.717, 1.165) is 43.7 Å². The van der Waals surface area contributed by atoms with Crippen molar-refractivity contribution in [1.29, 1.82) is 0 Å². The monoisotopic (exact) mass is 358 g/mol. The van der Waals surface area contributed by atoms with E-state index in [1.54, 1.807) is 11.8 Å². The van der Waals surface area contributed by atoms with Gasteiger partial charge in [0, 0.05) is 50.7 Å². The summed E-state index contributed by atoms with van der Waals surface area (Å²) in [4.78, 5) is 20.5. The molecule has 1 amide bonds. The molecule has 2 aliphatic rings. The standard InChI is InChI=1S/C18H23N5O3/c1-12-20-17(21-26-12)13-2-4-15(5-3-13)23-11-16(25-18(23)24)10-22-8-6-14(19)7-9-22/h2-5,14,16H,6-11,19H2,1H3/p+1. The van der Waals surface area contributed by atoms with Gasteiger partial charge in [-0.2, -0.15) is 4.98 Å². The second kappa shape index (κ2) is 7.05. The van der Waals surface area contributed by atoms with E-state index in [-0.39, 0.29) is 12.2 Å². The van der Waals surface area contributed by atoms with Gasteiger partial charge in [0.05, 0.1) is 12.6 Å². The summed E-state index contributed by atoms with van der Waals surface area (Å²) in [5.41, 5.74) is 5.79. The van der Waals surface area contributed by atoms with Gasteiger partial charge in [0.1, 0.15) is 6.10 Å². The molecule has 26 heavy (non-hydrogen) atoms. The van der Waals surface area contributed by atoms with Gasteiger partial charge in [0.25, 0.3) is 0 Å². The van der Waals surface area contributed by atoms with Crippen LogP contribution < -0.4 is 10.6 Å². The van der Waals surface area contributed by atoms with Crippen LogP contribution in [0.5, 0.6) is 0 Å². The number of amides is 1. The van der Waals surface area contributed by atoms with Crippen molar-refractivity contribution in [2.75, 3.05) is 31.1 Å². The Morgan fingerprint density at radius 1 is 1.23 bits per heavy atom. The second-order valence-electron chi connectivity index (χ2n) is 7.04. The largest absolute Gasteiger partial charge is 0.443 e. The van der Waals surface area contributed by atoms with E-state index in [2.05, 4.69) is 20.8 Å². The summed E-state index contributed by atoms with van der Waals surface area (Å²) in [6.07, 6.45) is 1.84. The predicted molar refractivity (Wildman–Crippen MR) is 94.4 cm³/mol. The number of piperidine rings is 1. The van der Waals surface area contributed by atoms with Gasteiger partial charge < -0.3 is 15.0 Å². The van der Waals surface area contributed by atoms with Crippen molar-refractivity contribution in [3.8, 4) is 11.4 Å². The molecule has 1 aromatic heterocycles. The van der Waals surface area contributed by atoms with Crippen LogP contribution in [-0.4, -0.2) is 59.5 Å². The lowest BCUT2D eigenvalue weighted by atomic mass is 10.1. The molecule has 2 saturated heterocycles. The summed E-state index contributed by atoms with van der Waals surface area (Å²) in [6.45, 7) is 5.17. The number of hydrogen-bond donors (Lipinski definition) is 1. The zero-order valence-corrected chi connectivity index (χ0v) is 14.9. The summed E-state index contributed by atoms with van der Waals surface area (Å²) in [5.74, 6) is 1.07. The number of aromatic nitrogens is 2. The Balaban J connectivity index is 1.39. The normalized spacial score (nSPS) is 22.0. The zero-order valence-electron chi connectivity index (χ0n) is 14.9. The highest BCUT2D eigenvalue weighted by molar-refractivity contribution is 5.90. The maximum absolute atomic E-state index is 12.3. The van der Waals surface area contributed by atoms with Crippen molar-refractivity contribution in [2.24, 2.45) is 0 Å². The van der Waals surface area contributed by atoms with E-state index in [1.807, 2.05) is 24.3 Å². The van der Waals surface area contributed by atoms with Crippen LogP contribution in [0.3, 0.4) is 0 Å². The van der Waals surface area contributed by atoms with Gasteiger partial charge in [0.2, 0.25) is 11.7 Å². The fourth-order valence-corrected chi connectivity index (χ4v) is 3.49. The van der Waals surface area contributed by atoms with Gasteiger partial charge in [-0.15, -0.1) is 0 Å². The molecule has 4 rings (SSSR count). The number of rotatable bonds is 4. The highest BCUT2D eigenvalue weighted by Gasteiger charge is 2.34. The smallest absolute Gasteiger partial charge is 0.414 e. The number of ether oxygens (including phenoxy) is 1. The Morgan fingerprint density at radius 3 is 2.62 bits per heavy atom. The van der Waals surface area contributed by atoms with Gasteiger partial charge in [-0.1, -0.05) is 5.16 Å². The van der Waals surface area contributed by atoms with Crippen LogP contribution in [0.25, 0.3) is 11.4 Å². The molecule has 138 valence electrons. The third-order valence-corrected chi connectivity index (χ3v) is 5.01. The van der Waals surface area contributed by atoms with E-state index in [9.17, 15) is 4.79 Å². The highest BCUT2D eigenvalue weighted by atomic mass is 16.6. The second-order valence-corrected chi connectivity index (χ2v) is 7.04. The van der Waals surface area contributed by atoms with Crippen LogP contribution in [0.15, 0.2) is 28.8 Å². The molecule has 1 atom stereocenters. The van der Waals surface area contributed by atoms with Gasteiger partial charge in [-0.05, 0) is 24.3 Å². The molecule has 8 nitrogen and oxygen atoms in total. The number of cyclic esters (lactones) is 1. The van der Waals surface area contributed by atoms with E-state index in [4.69, 9.17) is 9.26 Å². The molecule has 0 aliphatic carbocycles. The summed E-state index contributed by atoms with van der Waals surface area (Å²) in [5, 5.41) is 3.91. The number of quaternary nitrogens is 1. The molecular weight excluding hydrogens is 334 g/mol. The average Bonchev–Trinajstić information content (AvgIpc) is 3.23. The molecule has 1 aromatic carbocycles. The van der Waals surface area contributed by atoms with Crippen molar-refractivity contribution in [2.45, 2.75) is 31.9 Å². The van der Waals surface area contributed by atoms with Gasteiger partial charge in [-0.25, -0.2) is 4.79 Å². The lowest BCUT2D eigenvalue weighted by molar-refractivity contribution is -0.426.